The summed E-state index contributed by atoms with van der Waals surface area (Å²) in [4.78, 5) is 0. The molecule has 0 aliphatic carbocycles. The molecule has 0 fully saturated rings. The third-order valence-corrected chi connectivity index (χ3v) is 12.6. The predicted molar refractivity (Wildman–Crippen MR) is 259 cm³/mol. The molecular formula is C60H38. The van der Waals surface area contributed by atoms with Crippen LogP contribution < -0.4 is 0 Å². The Bertz CT molecular complexity index is 3600. The van der Waals surface area contributed by atoms with Crippen molar-refractivity contribution in [1.82, 2.24) is 0 Å². The van der Waals surface area contributed by atoms with Gasteiger partial charge in [-0.25, -0.2) is 0 Å². The van der Waals surface area contributed by atoms with Crippen LogP contribution in [-0.4, -0.2) is 0 Å². The molecule has 0 aliphatic heterocycles. The Balaban J connectivity index is 0.916. The van der Waals surface area contributed by atoms with E-state index in [-0.39, 0.29) is 0 Å². The van der Waals surface area contributed by atoms with E-state index in [1.54, 1.807) is 0 Å². The third-order valence-electron chi connectivity index (χ3n) is 12.6. The zero-order valence-corrected chi connectivity index (χ0v) is 32.9. The molecule has 0 unspecified atom stereocenters. The second kappa shape index (κ2) is 13.9. The molecule has 0 spiro atoms. The molecule has 0 amide bonds. The number of hydrogen-bond donors (Lipinski definition) is 0. The molecule has 0 heteroatoms. The van der Waals surface area contributed by atoms with E-state index in [0.29, 0.717) is 0 Å². The Morgan fingerprint density at radius 3 is 0.800 bits per heavy atom. The van der Waals surface area contributed by atoms with E-state index < -0.39 is 0 Å². The largest absolute Gasteiger partial charge is 0.0616 e. The van der Waals surface area contributed by atoms with Gasteiger partial charge in [0.25, 0.3) is 0 Å². The first kappa shape index (κ1) is 34.3. The van der Waals surface area contributed by atoms with Crippen molar-refractivity contribution in [3.05, 3.63) is 231 Å². The molecule has 12 aromatic carbocycles. The summed E-state index contributed by atoms with van der Waals surface area (Å²) < 4.78 is 0. The predicted octanol–water partition coefficient (Wildman–Crippen LogP) is 16.9. The lowest BCUT2D eigenvalue weighted by Crippen LogP contribution is -1.91. The molecular weight excluding hydrogens is 721 g/mol. The first-order valence-electron chi connectivity index (χ1n) is 20.8. The molecule has 0 N–H and O–H groups in total. The zero-order chi connectivity index (χ0) is 39.6. The lowest BCUT2D eigenvalue weighted by Gasteiger charge is -2.18. The first-order valence-corrected chi connectivity index (χ1v) is 20.8. The standard InChI is InChI=1S/C60H38/c1-3-12-41-32-44(22-20-39(41)10-1)43-14-9-15-53(37-43)59-55-16-5-7-18-57(55)60(58-19-8-6-17-56(58)59)54-31-30-51-36-50(28-29-52(51)38-54)49-27-26-47-34-46(24-25-48(47)35-49)45-23-21-40-11-2-4-13-42(40)33-45/h1-38H. The van der Waals surface area contributed by atoms with Crippen LogP contribution in [0.25, 0.3) is 120 Å². The van der Waals surface area contributed by atoms with Crippen molar-refractivity contribution in [1.29, 1.82) is 0 Å². The van der Waals surface area contributed by atoms with Crippen LogP contribution in [0.1, 0.15) is 0 Å². The van der Waals surface area contributed by atoms with Crippen molar-refractivity contribution < 1.29 is 0 Å². The quantitative estimate of drug-likeness (QED) is 0.153. The fourth-order valence-electron chi connectivity index (χ4n) is 9.53. The van der Waals surface area contributed by atoms with Gasteiger partial charge in [0.2, 0.25) is 0 Å². The Kier molecular flexibility index (Phi) is 7.96. The summed E-state index contributed by atoms with van der Waals surface area (Å²) in [5, 5.41) is 15.1. The van der Waals surface area contributed by atoms with Gasteiger partial charge in [0.05, 0.1) is 0 Å². The molecule has 12 aromatic rings. The van der Waals surface area contributed by atoms with E-state index in [4.69, 9.17) is 0 Å². The van der Waals surface area contributed by atoms with Crippen LogP contribution in [0.15, 0.2) is 231 Å². The van der Waals surface area contributed by atoms with Crippen LogP contribution in [-0.2, 0) is 0 Å². The highest BCUT2D eigenvalue weighted by Gasteiger charge is 2.17. The van der Waals surface area contributed by atoms with Gasteiger partial charge in [0.15, 0.2) is 0 Å². The van der Waals surface area contributed by atoms with Crippen molar-refractivity contribution in [2.24, 2.45) is 0 Å². The molecule has 0 aliphatic rings. The van der Waals surface area contributed by atoms with Crippen LogP contribution in [0.3, 0.4) is 0 Å². The minimum atomic E-state index is 1.22. The minimum absolute atomic E-state index is 1.22. The van der Waals surface area contributed by atoms with Gasteiger partial charge in [-0.05, 0) is 163 Å². The molecule has 60 heavy (non-hydrogen) atoms. The number of hydrogen-bond acceptors (Lipinski definition) is 0. The maximum Gasteiger partial charge on any atom is -0.00262 e. The second-order valence-electron chi connectivity index (χ2n) is 16.1. The number of rotatable bonds is 5. The summed E-state index contributed by atoms with van der Waals surface area (Å²) in [5.74, 6) is 0. The molecule has 12 rings (SSSR count). The second-order valence-corrected chi connectivity index (χ2v) is 16.1. The molecule has 0 saturated heterocycles. The Hall–Kier alpha value is -7.80. The molecule has 0 heterocycles. The fraction of sp³-hybridized carbons (Fsp3) is 0. The lowest BCUT2D eigenvalue weighted by atomic mass is 9.85. The first-order chi connectivity index (χ1) is 29.7. The number of fused-ring (bicyclic) bond motifs is 6. The van der Waals surface area contributed by atoms with Crippen LogP contribution in [0.2, 0.25) is 0 Å². The van der Waals surface area contributed by atoms with Gasteiger partial charge in [0.1, 0.15) is 0 Å². The van der Waals surface area contributed by atoms with Crippen molar-refractivity contribution in [3.63, 3.8) is 0 Å². The summed E-state index contributed by atoms with van der Waals surface area (Å²) in [6, 6.07) is 85.2. The molecule has 0 atom stereocenters. The van der Waals surface area contributed by atoms with Crippen LogP contribution in [0.4, 0.5) is 0 Å². The summed E-state index contributed by atoms with van der Waals surface area (Å²) in [6.45, 7) is 0. The SMILES string of the molecule is c1cc(-c2ccc3ccccc3c2)cc(-c2c3ccccc3c(-c3ccc4cc(-c5ccc6cc(-c7ccc8ccccc8c7)ccc6c5)ccc4c3)c3ccccc23)c1. The van der Waals surface area contributed by atoms with Gasteiger partial charge >= 0.3 is 0 Å². The average Bonchev–Trinajstić information content (AvgIpc) is 3.32. The van der Waals surface area contributed by atoms with Gasteiger partial charge in [-0.2, -0.15) is 0 Å². The average molecular weight is 759 g/mol. The summed E-state index contributed by atoms with van der Waals surface area (Å²) in [7, 11) is 0. The van der Waals surface area contributed by atoms with Gasteiger partial charge in [-0.15, -0.1) is 0 Å². The Morgan fingerprint density at radius 1 is 0.150 bits per heavy atom. The monoisotopic (exact) mass is 758 g/mol. The maximum atomic E-state index is 2.38. The highest BCUT2D eigenvalue weighted by Crippen LogP contribution is 2.45. The van der Waals surface area contributed by atoms with E-state index in [1.165, 1.54) is 120 Å². The maximum absolute atomic E-state index is 2.38. The molecule has 0 aromatic heterocycles. The number of benzene rings is 12. The lowest BCUT2D eigenvalue weighted by molar-refractivity contribution is 1.63. The molecule has 0 radical (unpaired) electrons. The zero-order valence-electron chi connectivity index (χ0n) is 32.9. The Labute approximate surface area is 349 Å². The Morgan fingerprint density at radius 2 is 0.400 bits per heavy atom. The molecule has 0 nitrogen and oxygen atoms in total. The molecule has 0 bridgehead atoms. The van der Waals surface area contributed by atoms with E-state index in [2.05, 4.69) is 231 Å². The topological polar surface area (TPSA) is 0 Å². The van der Waals surface area contributed by atoms with Crippen molar-refractivity contribution in [3.8, 4) is 55.6 Å². The van der Waals surface area contributed by atoms with Gasteiger partial charge in [-0.1, -0.05) is 188 Å². The summed E-state index contributed by atoms with van der Waals surface area (Å²) >= 11 is 0. The van der Waals surface area contributed by atoms with E-state index in [1.807, 2.05) is 0 Å². The van der Waals surface area contributed by atoms with Crippen LogP contribution in [0.5, 0.6) is 0 Å². The van der Waals surface area contributed by atoms with E-state index in [0.717, 1.165) is 0 Å². The van der Waals surface area contributed by atoms with Gasteiger partial charge in [0, 0.05) is 0 Å². The fourth-order valence-corrected chi connectivity index (χ4v) is 9.53. The minimum Gasteiger partial charge on any atom is -0.0616 e. The highest BCUT2D eigenvalue weighted by molar-refractivity contribution is 6.22. The van der Waals surface area contributed by atoms with E-state index >= 15 is 0 Å². The van der Waals surface area contributed by atoms with Crippen molar-refractivity contribution in [2.45, 2.75) is 0 Å². The molecule has 278 valence electrons. The summed E-state index contributed by atoms with van der Waals surface area (Å²) in [5.41, 5.74) is 12.4. The van der Waals surface area contributed by atoms with Crippen LogP contribution >= 0.6 is 0 Å². The van der Waals surface area contributed by atoms with Crippen molar-refractivity contribution >= 4 is 64.6 Å². The highest BCUT2D eigenvalue weighted by atomic mass is 14.2. The van der Waals surface area contributed by atoms with Crippen LogP contribution in [0, 0.1) is 0 Å². The smallest absolute Gasteiger partial charge is 0.00262 e. The normalized spacial score (nSPS) is 11.7. The third kappa shape index (κ3) is 5.84. The molecule has 0 saturated carbocycles. The van der Waals surface area contributed by atoms with Crippen molar-refractivity contribution in [2.75, 3.05) is 0 Å². The van der Waals surface area contributed by atoms with Gasteiger partial charge < -0.3 is 0 Å². The van der Waals surface area contributed by atoms with Gasteiger partial charge in [-0.3, -0.25) is 0 Å². The summed E-state index contributed by atoms with van der Waals surface area (Å²) in [6.07, 6.45) is 0. The van der Waals surface area contributed by atoms with E-state index in [9.17, 15) is 0 Å².